The zero-order chi connectivity index (χ0) is 27.8. The van der Waals surface area contributed by atoms with Gasteiger partial charge in [0.05, 0.1) is 11.2 Å². The van der Waals surface area contributed by atoms with Gasteiger partial charge in [-0.3, -0.25) is 4.57 Å². The topological polar surface area (TPSA) is 61.6 Å². The summed E-state index contributed by atoms with van der Waals surface area (Å²) < 4.78 is 17.3. The van der Waals surface area contributed by atoms with E-state index in [1.165, 1.54) is 11.0 Å². The number of nitrogens with zero attached hydrogens (tertiary/aromatic N) is 4. The van der Waals surface area contributed by atoms with Gasteiger partial charge in [0, 0.05) is 47.2 Å². The normalized spacial score (nSPS) is 15.7. The number of amides is 1. The van der Waals surface area contributed by atoms with Crippen LogP contribution in [0.3, 0.4) is 0 Å². The highest BCUT2D eigenvalue weighted by molar-refractivity contribution is 7.71. The number of aromatic nitrogens is 2. The maximum atomic E-state index is 15.0. The number of aryl methyl sites for hydroxylation is 2. The minimum atomic E-state index is -0.935. The summed E-state index contributed by atoms with van der Waals surface area (Å²) in [5, 5.41) is 10.7. The summed E-state index contributed by atoms with van der Waals surface area (Å²) in [6.07, 6.45) is 0.668. The summed E-state index contributed by atoms with van der Waals surface area (Å²) in [4.78, 5) is 20.0. The second-order valence-electron chi connectivity index (χ2n) is 9.79. The Bertz CT molecular complexity index is 1620. The average Bonchev–Trinajstić information content (AvgIpc) is 2.92. The van der Waals surface area contributed by atoms with E-state index in [0.717, 1.165) is 40.6 Å². The number of anilines is 1. The van der Waals surface area contributed by atoms with Gasteiger partial charge >= 0.3 is 6.09 Å². The quantitative estimate of drug-likeness (QED) is 0.254. The number of carboxylic acid groups (broad SMARTS) is 1. The van der Waals surface area contributed by atoms with E-state index in [1.807, 2.05) is 23.6 Å². The van der Waals surface area contributed by atoms with Gasteiger partial charge in [-0.25, -0.2) is 14.2 Å². The fourth-order valence-corrected chi connectivity index (χ4v) is 6.04. The monoisotopic (exact) mass is 564 g/mol. The van der Waals surface area contributed by atoms with E-state index in [1.54, 1.807) is 18.2 Å². The van der Waals surface area contributed by atoms with E-state index >= 15 is 0 Å². The first kappa shape index (κ1) is 27.1. The Morgan fingerprint density at radius 1 is 1.08 bits per heavy atom. The maximum absolute atomic E-state index is 15.0. The third-order valence-corrected chi connectivity index (χ3v) is 8.07. The first-order valence-corrected chi connectivity index (χ1v) is 13.9. The van der Waals surface area contributed by atoms with Crippen LogP contribution in [-0.4, -0.2) is 51.3 Å². The molecular weight excluding hydrogens is 535 g/mol. The Morgan fingerprint density at radius 2 is 1.77 bits per heavy atom. The molecule has 5 rings (SSSR count). The van der Waals surface area contributed by atoms with Gasteiger partial charge in [-0.15, -0.1) is 0 Å². The van der Waals surface area contributed by atoms with E-state index in [2.05, 4.69) is 36.9 Å². The number of halogens is 2. The maximum Gasteiger partial charge on any atom is 0.407 e. The van der Waals surface area contributed by atoms with Crippen LogP contribution in [-0.2, 0) is 12.8 Å². The molecule has 1 aliphatic heterocycles. The molecule has 1 fully saturated rings. The highest BCUT2D eigenvalue weighted by Gasteiger charge is 2.30. The molecule has 1 atom stereocenters. The molecule has 6 nitrogen and oxygen atoms in total. The molecule has 1 amide bonds. The van der Waals surface area contributed by atoms with Crippen LogP contribution >= 0.6 is 23.8 Å². The molecular formula is C30H30ClFN4O2S. The molecule has 0 aliphatic carbocycles. The van der Waals surface area contributed by atoms with Crippen LogP contribution in [0.4, 0.5) is 15.0 Å². The van der Waals surface area contributed by atoms with Gasteiger partial charge in [0.1, 0.15) is 11.6 Å². The number of hydrogen-bond acceptors (Lipinski definition) is 4. The summed E-state index contributed by atoms with van der Waals surface area (Å²) in [5.74, 6) is 0.289. The van der Waals surface area contributed by atoms with Crippen molar-refractivity contribution in [3.05, 3.63) is 81.3 Å². The Morgan fingerprint density at radius 3 is 2.38 bits per heavy atom. The lowest BCUT2D eigenvalue weighted by Crippen LogP contribution is -2.53. The number of carbonyl (C=O) groups is 1. The fourth-order valence-electron chi connectivity index (χ4n) is 5.50. The molecule has 4 aromatic rings. The lowest BCUT2D eigenvalue weighted by atomic mass is 10.00. The summed E-state index contributed by atoms with van der Waals surface area (Å²) >= 11 is 12.8. The van der Waals surface area contributed by atoms with Gasteiger partial charge in [-0.2, -0.15) is 0 Å². The van der Waals surface area contributed by atoms with Crippen molar-refractivity contribution in [2.24, 2.45) is 0 Å². The van der Waals surface area contributed by atoms with E-state index in [4.69, 9.17) is 28.8 Å². The van der Waals surface area contributed by atoms with E-state index < -0.39 is 6.09 Å². The van der Waals surface area contributed by atoms with Crippen LogP contribution < -0.4 is 4.90 Å². The fraction of sp³-hybridized carbons (Fsp3) is 0.300. The first-order valence-electron chi connectivity index (χ1n) is 13.1. The molecule has 0 saturated carbocycles. The van der Waals surface area contributed by atoms with Gasteiger partial charge in [-0.1, -0.05) is 61.8 Å². The molecule has 202 valence electrons. The van der Waals surface area contributed by atoms with Gasteiger partial charge in [0.25, 0.3) is 0 Å². The van der Waals surface area contributed by atoms with Gasteiger partial charge in [0.15, 0.2) is 0 Å². The summed E-state index contributed by atoms with van der Waals surface area (Å²) in [6.45, 7) is 7.36. The number of hydrogen-bond donors (Lipinski definition) is 1. The zero-order valence-corrected chi connectivity index (χ0v) is 23.7. The van der Waals surface area contributed by atoms with Crippen molar-refractivity contribution in [3.8, 4) is 16.8 Å². The van der Waals surface area contributed by atoms with Gasteiger partial charge in [-0.05, 0) is 61.3 Å². The van der Waals surface area contributed by atoms with Crippen molar-refractivity contribution in [2.75, 3.05) is 24.5 Å². The van der Waals surface area contributed by atoms with Crippen molar-refractivity contribution in [3.63, 3.8) is 0 Å². The van der Waals surface area contributed by atoms with Crippen LogP contribution in [0, 0.1) is 10.6 Å². The number of para-hydroxylation sites is 1. The predicted molar refractivity (Wildman–Crippen MR) is 157 cm³/mol. The average molecular weight is 565 g/mol. The second-order valence-corrected chi connectivity index (χ2v) is 10.6. The van der Waals surface area contributed by atoms with E-state index in [-0.39, 0.29) is 11.9 Å². The molecule has 9 heteroatoms. The molecule has 0 spiro atoms. The Kier molecular flexibility index (Phi) is 7.60. The smallest absolute Gasteiger partial charge is 0.407 e. The van der Waals surface area contributed by atoms with E-state index in [0.29, 0.717) is 46.4 Å². The van der Waals surface area contributed by atoms with Crippen LogP contribution in [0.25, 0.3) is 27.7 Å². The minimum absolute atomic E-state index is 0.130. The SMILES string of the molecule is CCc1cccc(CC)c1-n1c(=S)nc(N2CCN(C(=O)O)CC2C)c2cc(Cl)c(-c3ccccc3F)cc21. The third kappa shape index (κ3) is 4.87. The zero-order valence-electron chi connectivity index (χ0n) is 22.1. The standard InChI is InChI=1S/C30H30ClFN4O2S/c1-4-19-9-8-10-20(5-2)27(19)36-26-16-22(21-11-6-7-12-25(21)32)24(31)15-23(26)28(33-29(36)39)35-14-13-34(30(37)38)17-18(35)3/h6-12,15-16,18H,4-5,13-14,17H2,1-3H3,(H,37,38). The summed E-state index contributed by atoms with van der Waals surface area (Å²) in [7, 11) is 0. The van der Waals surface area contributed by atoms with Crippen LogP contribution in [0.15, 0.2) is 54.6 Å². The molecule has 1 saturated heterocycles. The van der Waals surface area contributed by atoms with Crippen molar-refractivity contribution in [1.82, 2.24) is 14.5 Å². The summed E-state index contributed by atoms with van der Waals surface area (Å²) in [6, 6.07) is 16.4. The van der Waals surface area contributed by atoms with Gasteiger partial charge in [0.2, 0.25) is 4.77 Å². The second kappa shape index (κ2) is 10.9. The third-order valence-electron chi connectivity index (χ3n) is 7.48. The molecule has 1 N–H and O–H groups in total. The van der Waals surface area contributed by atoms with Crippen molar-refractivity contribution >= 4 is 46.6 Å². The molecule has 0 bridgehead atoms. The molecule has 1 unspecified atom stereocenters. The molecule has 39 heavy (non-hydrogen) atoms. The van der Waals surface area contributed by atoms with Gasteiger partial charge < -0.3 is 14.9 Å². The predicted octanol–water partition coefficient (Wildman–Crippen LogP) is 7.53. The Labute approximate surface area is 237 Å². The van der Waals surface area contributed by atoms with Crippen LogP contribution in [0.1, 0.15) is 31.9 Å². The van der Waals surface area contributed by atoms with Crippen LogP contribution in [0.5, 0.6) is 0 Å². The lowest BCUT2D eigenvalue weighted by Gasteiger charge is -2.40. The molecule has 2 heterocycles. The molecule has 0 radical (unpaired) electrons. The minimum Gasteiger partial charge on any atom is -0.465 e. The number of benzene rings is 3. The molecule has 3 aromatic carbocycles. The summed E-state index contributed by atoms with van der Waals surface area (Å²) in [5.41, 5.74) is 5.00. The van der Waals surface area contributed by atoms with Crippen molar-refractivity contribution in [1.29, 1.82) is 0 Å². The molecule has 1 aromatic heterocycles. The number of piperazine rings is 1. The van der Waals surface area contributed by atoms with Crippen molar-refractivity contribution < 1.29 is 14.3 Å². The van der Waals surface area contributed by atoms with Crippen molar-refractivity contribution in [2.45, 2.75) is 39.7 Å². The number of rotatable bonds is 5. The largest absolute Gasteiger partial charge is 0.465 e. The highest BCUT2D eigenvalue weighted by atomic mass is 35.5. The van der Waals surface area contributed by atoms with E-state index in [9.17, 15) is 14.3 Å². The first-order chi connectivity index (χ1) is 18.7. The Hall–Kier alpha value is -3.49. The Balaban J connectivity index is 1.84. The molecule has 1 aliphatic rings. The lowest BCUT2D eigenvalue weighted by molar-refractivity contribution is 0.136. The van der Waals surface area contributed by atoms with Crippen LogP contribution in [0.2, 0.25) is 5.02 Å². The highest BCUT2D eigenvalue weighted by Crippen LogP contribution is 2.39. The number of fused-ring (bicyclic) bond motifs is 1.